The van der Waals surface area contributed by atoms with Crippen molar-refractivity contribution in [3.63, 3.8) is 0 Å². The fourth-order valence-electron chi connectivity index (χ4n) is 4.45. The molecular weight excluding hydrogens is 368 g/mol. The average molecular weight is 405 g/mol. The summed E-state index contributed by atoms with van der Waals surface area (Å²) in [5, 5.41) is 0. The number of aryl methyl sites for hydroxylation is 2. The van der Waals surface area contributed by atoms with Crippen LogP contribution in [0.3, 0.4) is 0 Å². The highest BCUT2D eigenvalue weighted by atomic mass is 15.2. The summed E-state index contributed by atoms with van der Waals surface area (Å²) in [5.41, 5.74) is 6.21. The number of aromatic nitrogens is 2. The molecule has 0 N–H and O–H groups in total. The van der Waals surface area contributed by atoms with Crippen molar-refractivity contribution >= 4 is 6.21 Å². The predicted molar refractivity (Wildman–Crippen MR) is 126 cm³/mol. The maximum absolute atomic E-state index is 5.07. The van der Waals surface area contributed by atoms with Gasteiger partial charge in [-0.15, -0.1) is 0 Å². The molecule has 4 heteroatoms. The molecule has 0 radical (unpaired) electrons. The normalized spacial score (nSPS) is 20.7. The van der Waals surface area contributed by atoms with Crippen LogP contribution in [0.2, 0.25) is 0 Å². The summed E-state index contributed by atoms with van der Waals surface area (Å²) in [6, 6.07) is 11.5. The number of allylic oxidation sites excluding steroid dienone is 2. The maximum Gasteiger partial charge on any atom is 0.0604 e. The van der Waals surface area contributed by atoms with E-state index in [1.807, 2.05) is 18.5 Å². The van der Waals surface area contributed by atoms with Crippen LogP contribution in [0.25, 0.3) is 0 Å². The Morgan fingerprint density at radius 1 is 1.20 bits per heavy atom. The molecule has 0 amide bonds. The lowest BCUT2D eigenvalue weighted by atomic mass is 9.90. The van der Waals surface area contributed by atoms with Crippen molar-refractivity contribution in [2.45, 2.75) is 71.4 Å². The fourth-order valence-corrected chi connectivity index (χ4v) is 4.45. The van der Waals surface area contributed by atoms with E-state index < -0.39 is 0 Å². The van der Waals surface area contributed by atoms with Crippen LogP contribution in [-0.4, -0.2) is 34.7 Å². The van der Waals surface area contributed by atoms with Gasteiger partial charge in [-0.05, 0) is 95.7 Å². The highest BCUT2D eigenvalue weighted by Gasteiger charge is 2.31. The summed E-state index contributed by atoms with van der Waals surface area (Å²) < 4.78 is 0. The minimum Gasteiger partial charge on any atom is -0.293 e. The zero-order chi connectivity index (χ0) is 21.3. The zero-order valence-corrected chi connectivity index (χ0v) is 19.0. The maximum atomic E-state index is 5.07. The topological polar surface area (TPSA) is 41.4 Å². The van der Waals surface area contributed by atoms with Gasteiger partial charge < -0.3 is 0 Å². The van der Waals surface area contributed by atoms with Crippen molar-refractivity contribution in [3.8, 4) is 0 Å². The molecule has 2 aromatic rings. The number of hydrogen-bond donors (Lipinski definition) is 0. The molecule has 4 nitrogen and oxygen atoms in total. The Morgan fingerprint density at radius 3 is 2.80 bits per heavy atom. The Labute approximate surface area is 182 Å². The lowest BCUT2D eigenvalue weighted by Gasteiger charge is -2.39. The molecule has 0 aliphatic carbocycles. The van der Waals surface area contributed by atoms with Gasteiger partial charge in [-0.1, -0.05) is 18.2 Å². The van der Waals surface area contributed by atoms with Gasteiger partial charge in [0.2, 0.25) is 0 Å². The highest BCUT2D eigenvalue weighted by Crippen LogP contribution is 2.39. The summed E-state index contributed by atoms with van der Waals surface area (Å²) in [6.07, 6.45) is 12.8. The number of likely N-dealkylation sites (tertiary alicyclic amines) is 1. The van der Waals surface area contributed by atoms with E-state index >= 15 is 0 Å². The summed E-state index contributed by atoms with van der Waals surface area (Å²) in [5.74, 6) is 0. The molecule has 160 valence electrons. The van der Waals surface area contributed by atoms with Gasteiger partial charge in [-0.25, -0.2) is 0 Å². The molecule has 2 atom stereocenters. The average Bonchev–Trinajstić information content (AvgIpc) is 2.77. The first-order valence-electron chi connectivity index (χ1n) is 11.4. The molecule has 1 saturated heterocycles. The first-order chi connectivity index (χ1) is 14.6. The van der Waals surface area contributed by atoms with Crippen molar-refractivity contribution in [1.82, 2.24) is 14.9 Å². The summed E-state index contributed by atoms with van der Waals surface area (Å²) in [6.45, 7) is 7.17. The van der Waals surface area contributed by atoms with Gasteiger partial charge in [0.25, 0.3) is 0 Å². The molecule has 1 aliphatic heterocycles. The minimum absolute atomic E-state index is 0.355. The van der Waals surface area contributed by atoms with E-state index in [1.165, 1.54) is 34.6 Å². The Hall–Kier alpha value is -2.33. The number of piperidine rings is 1. The second kappa shape index (κ2) is 11.2. The molecule has 1 aliphatic rings. The van der Waals surface area contributed by atoms with Crippen LogP contribution in [-0.2, 0) is 6.42 Å². The minimum atomic E-state index is 0.355. The number of aliphatic imine (C=N–C) groups is 1. The lowest BCUT2D eigenvalue weighted by molar-refractivity contribution is 0.109. The Balaban J connectivity index is 1.67. The molecule has 0 saturated carbocycles. The molecule has 1 fully saturated rings. The second-order valence-corrected chi connectivity index (χ2v) is 8.23. The molecule has 30 heavy (non-hydrogen) atoms. The smallest absolute Gasteiger partial charge is 0.0604 e. The summed E-state index contributed by atoms with van der Waals surface area (Å²) >= 11 is 0. The van der Waals surface area contributed by atoms with Gasteiger partial charge in [0, 0.05) is 24.7 Å². The van der Waals surface area contributed by atoms with Crippen LogP contribution in [0.5, 0.6) is 0 Å². The monoisotopic (exact) mass is 404 g/mol. The number of pyridine rings is 2. The molecule has 0 aromatic carbocycles. The Morgan fingerprint density at radius 2 is 2.03 bits per heavy atom. The summed E-state index contributed by atoms with van der Waals surface area (Å²) in [7, 11) is 2.24. The molecule has 0 bridgehead atoms. The van der Waals surface area contributed by atoms with Crippen LogP contribution in [0, 0.1) is 6.92 Å². The zero-order valence-electron chi connectivity index (χ0n) is 19.0. The SMILES string of the molecule is C/C=C(\C=NCC)CCCc1cccc([C@H]2CCC[C@@H](c3ncccc3C)N2C)n1. The molecule has 0 spiro atoms. The van der Waals surface area contributed by atoms with Crippen LogP contribution in [0.4, 0.5) is 0 Å². The van der Waals surface area contributed by atoms with Gasteiger partial charge in [0.1, 0.15) is 0 Å². The van der Waals surface area contributed by atoms with Crippen molar-refractivity contribution in [3.05, 3.63) is 70.8 Å². The van der Waals surface area contributed by atoms with Gasteiger partial charge in [0.05, 0.1) is 23.5 Å². The van der Waals surface area contributed by atoms with Crippen molar-refractivity contribution in [1.29, 1.82) is 0 Å². The molecule has 0 unspecified atom stereocenters. The van der Waals surface area contributed by atoms with Crippen molar-refractivity contribution in [2.75, 3.05) is 13.6 Å². The van der Waals surface area contributed by atoms with Gasteiger partial charge in [0.15, 0.2) is 0 Å². The number of rotatable bonds is 8. The quantitative estimate of drug-likeness (QED) is 0.503. The summed E-state index contributed by atoms with van der Waals surface area (Å²) in [4.78, 5) is 16.6. The van der Waals surface area contributed by atoms with E-state index in [4.69, 9.17) is 9.97 Å². The van der Waals surface area contributed by atoms with E-state index in [0.29, 0.717) is 12.1 Å². The number of hydrogen-bond acceptors (Lipinski definition) is 4. The molecule has 3 rings (SSSR count). The standard InChI is InChI=1S/C26H36N4/c1-5-21(19-27-6-2)12-7-13-22-14-8-15-23(29-22)24-16-9-17-25(30(24)4)26-20(3)11-10-18-28-26/h5,8,10-11,14-15,18-19,24-25H,6-7,9,12-13,16-17H2,1-4H3/b21-5-,27-19?/t24-,25+/m1/s1. The van der Waals surface area contributed by atoms with E-state index in [2.05, 4.69) is 68.1 Å². The number of nitrogens with zero attached hydrogens (tertiary/aromatic N) is 4. The van der Waals surface area contributed by atoms with Crippen molar-refractivity contribution < 1.29 is 0 Å². The Bertz CT molecular complexity index is 871. The predicted octanol–water partition coefficient (Wildman–Crippen LogP) is 6.04. The van der Waals surface area contributed by atoms with E-state index in [0.717, 1.165) is 38.6 Å². The Kier molecular flexibility index (Phi) is 8.32. The molecular formula is C26H36N4. The largest absolute Gasteiger partial charge is 0.293 e. The van der Waals surface area contributed by atoms with E-state index in [9.17, 15) is 0 Å². The van der Waals surface area contributed by atoms with Crippen LogP contribution < -0.4 is 0 Å². The highest BCUT2D eigenvalue weighted by molar-refractivity contribution is 5.78. The third-order valence-corrected chi connectivity index (χ3v) is 6.18. The second-order valence-electron chi connectivity index (χ2n) is 8.23. The van der Waals surface area contributed by atoms with E-state index in [1.54, 1.807) is 0 Å². The van der Waals surface area contributed by atoms with Crippen molar-refractivity contribution in [2.24, 2.45) is 4.99 Å². The lowest BCUT2D eigenvalue weighted by Crippen LogP contribution is -2.34. The molecule has 2 aromatic heterocycles. The first kappa shape index (κ1) is 22.4. The molecule has 3 heterocycles. The first-order valence-corrected chi connectivity index (χ1v) is 11.4. The van der Waals surface area contributed by atoms with Crippen LogP contribution in [0.15, 0.2) is 53.2 Å². The van der Waals surface area contributed by atoms with Gasteiger partial charge in [-0.2, -0.15) is 0 Å². The van der Waals surface area contributed by atoms with E-state index in [-0.39, 0.29) is 0 Å². The third-order valence-electron chi connectivity index (χ3n) is 6.18. The van der Waals surface area contributed by atoms with Crippen LogP contribution >= 0.6 is 0 Å². The fraction of sp³-hybridized carbons (Fsp3) is 0.500. The van der Waals surface area contributed by atoms with Gasteiger partial charge in [-0.3, -0.25) is 19.9 Å². The third kappa shape index (κ3) is 5.63. The van der Waals surface area contributed by atoms with Crippen LogP contribution in [0.1, 0.15) is 80.7 Å². The van der Waals surface area contributed by atoms with Gasteiger partial charge >= 0.3 is 0 Å².